The second kappa shape index (κ2) is 2.62. The van der Waals surface area contributed by atoms with Crippen molar-refractivity contribution >= 4 is 22.3 Å². The Morgan fingerprint density at radius 2 is 1.70 bits per heavy atom. The van der Waals surface area contributed by atoms with Crippen LogP contribution < -0.4 is 0 Å². The molecule has 0 atom stereocenters. The minimum absolute atomic E-state index is 2.05. The zero-order valence-electron chi connectivity index (χ0n) is 4.34. The summed E-state index contributed by atoms with van der Waals surface area (Å²) >= 11 is 0. The van der Waals surface area contributed by atoms with E-state index in [-0.39, 0.29) is 0 Å². The van der Waals surface area contributed by atoms with E-state index < -0.39 is 22.3 Å². The fourth-order valence-electron chi connectivity index (χ4n) is 0.131. The summed E-state index contributed by atoms with van der Waals surface area (Å²) in [4.78, 5) is 19.3. The summed E-state index contributed by atoms with van der Waals surface area (Å²) in [6, 6.07) is 0. The number of carboxylic acid groups (broad SMARTS) is 1. The summed E-state index contributed by atoms with van der Waals surface area (Å²) in [5.41, 5.74) is 0. The van der Waals surface area contributed by atoms with Gasteiger partial charge in [-0.05, 0) is 0 Å². The lowest BCUT2D eigenvalue weighted by Gasteiger charge is -1.92. The summed E-state index contributed by atoms with van der Waals surface area (Å²) in [7, 11) is -5.00. The standard InChI is InChI=1S/C2H2O7S/c3-1(4)2(5)9-10(6,7)8/h(H,3,4)(H,6,7,8). The normalized spacial score (nSPS) is 10.5. The molecule has 0 rings (SSSR count). The van der Waals surface area contributed by atoms with E-state index in [4.69, 9.17) is 9.66 Å². The Labute approximate surface area is 55.2 Å². The summed E-state index contributed by atoms with van der Waals surface area (Å²) in [6.07, 6.45) is 0. The van der Waals surface area contributed by atoms with Gasteiger partial charge in [0.25, 0.3) is 0 Å². The van der Waals surface area contributed by atoms with Crippen LogP contribution in [0.2, 0.25) is 0 Å². The summed E-state index contributed by atoms with van der Waals surface area (Å²) in [6.45, 7) is 0. The molecule has 0 aromatic heterocycles. The zero-order valence-corrected chi connectivity index (χ0v) is 5.16. The van der Waals surface area contributed by atoms with Gasteiger partial charge in [-0.25, -0.2) is 9.59 Å². The van der Waals surface area contributed by atoms with Crippen molar-refractivity contribution in [1.82, 2.24) is 0 Å². The van der Waals surface area contributed by atoms with Crippen molar-refractivity contribution in [2.24, 2.45) is 0 Å². The van der Waals surface area contributed by atoms with Gasteiger partial charge in [0.05, 0.1) is 0 Å². The lowest BCUT2D eigenvalue weighted by atomic mass is 10.7. The first kappa shape index (κ1) is 8.85. The fourth-order valence-corrected chi connectivity index (χ4v) is 0.394. The van der Waals surface area contributed by atoms with Crippen LogP contribution >= 0.6 is 0 Å². The Hall–Kier alpha value is -1.15. The van der Waals surface area contributed by atoms with Crippen LogP contribution in [0.3, 0.4) is 0 Å². The Morgan fingerprint density at radius 3 is 1.80 bits per heavy atom. The number of hydrogen-bond donors (Lipinski definition) is 2. The minimum Gasteiger partial charge on any atom is -0.473 e. The average Bonchev–Trinajstić information content (AvgIpc) is 1.60. The molecule has 0 saturated heterocycles. The number of rotatable bonds is 1. The third kappa shape index (κ3) is 3.80. The van der Waals surface area contributed by atoms with Gasteiger partial charge in [-0.3, -0.25) is 4.55 Å². The molecule has 0 aromatic carbocycles. The Kier molecular flexibility index (Phi) is 2.32. The van der Waals surface area contributed by atoms with E-state index in [1.807, 2.05) is 0 Å². The van der Waals surface area contributed by atoms with E-state index >= 15 is 0 Å². The van der Waals surface area contributed by atoms with Crippen LogP contribution in [0.5, 0.6) is 0 Å². The van der Waals surface area contributed by atoms with E-state index in [1.54, 1.807) is 0 Å². The molecule has 58 valence electrons. The van der Waals surface area contributed by atoms with Gasteiger partial charge in [0.2, 0.25) is 0 Å². The second-order valence-electron chi connectivity index (χ2n) is 1.10. The molecule has 0 aliphatic rings. The molecule has 0 heterocycles. The third-order valence-electron chi connectivity index (χ3n) is 0.356. The maximum atomic E-state index is 9.80. The van der Waals surface area contributed by atoms with Crippen LogP contribution in [0.1, 0.15) is 0 Å². The number of hydrogen-bond acceptors (Lipinski definition) is 5. The molecule has 0 aliphatic heterocycles. The first-order valence-electron chi connectivity index (χ1n) is 1.77. The quantitative estimate of drug-likeness (QED) is 0.360. The first-order chi connectivity index (χ1) is 4.33. The van der Waals surface area contributed by atoms with Crippen LogP contribution in [0.4, 0.5) is 0 Å². The second-order valence-corrected chi connectivity index (χ2v) is 2.13. The maximum absolute atomic E-state index is 9.80. The van der Waals surface area contributed by atoms with Crippen molar-refractivity contribution in [3.05, 3.63) is 0 Å². The average molecular weight is 170 g/mol. The number of carbonyl (C=O) groups excluding carboxylic acids is 1. The molecule has 0 radical (unpaired) electrons. The highest BCUT2D eigenvalue weighted by atomic mass is 32.3. The molecule has 0 unspecified atom stereocenters. The van der Waals surface area contributed by atoms with Crippen molar-refractivity contribution in [3.63, 3.8) is 0 Å². The molecule has 0 spiro atoms. The van der Waals surface area contributed by atoms with Crippen LogP contribution in [-0.2, 0) is 24.2 Å². The van der Waals surface area contributed by atoms with Crippen LogP contribution in [0.25, 0.3) is 0 Å². The largest absolute Gasteiger partial charge is 0.473 e. The SMILES string of the molecule is O=C(O)C(=O)OS(=O)(=O)O. The molecule has 0 aliphatic carbocycles. The molecule has 7 nitrogen and oxygen atoms in total. The van der Waals surface area contributed by atoms with E-state index in [2.05, 4.69) is 4.18 Å². The summed E-state index contributed by atoms with van der Waals surface area (Å²) < 4.78 is 29.9. The minimum atomic E-state index is -5.00. The van der Waals surface area contributed by atoms with Gasteiger partial charge in [0, 0.05) is 0 Å². The number of carbonyl (C=O) groups is 2. The molecule has 8 heteroatoms. The van der Waals surface area contributed by atoms with Gasteiger partial charge >= 0.3 is 22.3 Å². The highest BCUT2D eigenvalue weighted by molar-refractivity contribution is 7.81. The van der Waals surface area contributed by atoms with Crippen LogP contribution in [0.15, 0.2) is 0 Å². The van der Waals surface area contributed by atoms with Crippen molar-refractivity contribution in [3.8, 4) is 0 Å². The van der Waals surface area contributed by atoms with Crippen molar-refractivity contribution in [2.45, 2.75) is 0 Å². The molecule has 0 saturated carbocycles. The smallest absolute Gasteiger partial charge is 0.449 e. The van der Waals surface area contributed by atoms with E-state index in [1.165, 1.54) is 0 Å². The topological polar surface area (TPSA) is 118 Å². The van der Waals surface area contributed by atoms with E-state index in [9.17, 15) is 18.0 Å². The van der Waals surface area contributed by atoms with E-state index in [0.717, 1.165) is 0 Å². The van der Waals surface area contributed by atoms with Crippen LogP contribution in [0, 0.1) is 0 Å². The summed E-state index contributed by atoms with van der Waals surface area (Å²) in [5.74, 6) is -4.15. The highest BCUT2D eigenvalue weighted by Gasteiger charge is 2.20. The molecule has 0 amide bonds. The molecule has 0 aromatic rings. The van der Waals surface area contributed by atoms with Crippen molar-refractivity contribution in [2.75, 3.05) is 0 Å². The predicted molar refractivity (Wildman–Crippen MR) is 25.3 cm³/mol. The van der Waals surface area contributed by atoms with Gasteiger partial charge < -0.3 is 9.29 Å². The first-order valence-corrected chi connectivity index (χ1v) is 3.13. The Bertz CT molecular complexity index is 247. The third-order valence-corrected chi connectivity index (χ3v) is 0.718. The number of aliphatic carboxylic acids is 1. The Morgan fingerprint density at radius 1 is 1.30 bits per heavy atom. The number of carboxylic acids is 1. The molecule has 0 bridgehead atoms. The lowest BCUT2D eigenvalue weighted by Crippen LogP contribution is -2.20. The van der Waals surface area contributed by atoms with Gasteiger partial charge in [-0.1, -0.05) is 0 Å². The van der Waals surface area contributed by atoms with Crippen molar-refractivity contribution < 1.29 is 31.8 Å². The van der Waals surface area contributed by atoms with Gasteiger partial charge in [-0.15, -0.1) is 0 Å². The predicted octanol–water partition coefficient (Wildman–Crippen LogP) is -1.58. The lowest BCUT2D eigenvalue weighted by molar-refractivity contribution is -0.158. The monoisotopic (exact) mass is 170 g/mol. The van der Waals surface area contributed by atoms with Crippen molar-refractivity contribution in [1.29, 1.82) is 0 Å². The maximum Gasteiger partial charge on any atom is 0.449 e. The van der Waals surface area contributed by atoms with E-state index in [0.29, 0.717) is 0 Å². The fraction of sp³-hybridized carbons (Fsp3) is 0. The zero-order chi connectivity index (χ0) is 8.36. The molecule has 2 N–H and O–H groups in total. The molecular formula is C2H2O7S. The molecule has 0 fully saturated rings. The molecule has 10 heavy (non-hydrogen) atoms. The van der Waals surface area contributed by atoms with Gasteiger partial charge in [0.15, 0.2) is 0 Å². The summed E-state index contributed by atoms with van der Waals surface area (Å²) in [5, 5.41) is 7.70. The van der Waals surface area contributed by atoms with Gasteiger partial charge in [-0.2, -0.15) is 8.42 Å². The Balaban J connectivity index is 4.21. The molecular weight excluding hydrogens is 168 g/mol. The van der Waals surface area contributed by atoms with Crippen LogP contribution in [-0.4, -0.2) is 30.0 Å². The van der Waals surface area contributed by atoms with Gasteiger partial charge in [0.1, 0.15) is 0 Å². The highest BCUT2D eigenvalue weighted by Crippen LogP contribution is 1.86.